The van der Waals surface area contributed by atoms with Crippen LogP contribution >= 0.6 is 0 Å². The van der Waals surface area contributed by atoms with Crippen LogP contribution in [-0.4, -0.2) is 74.4 Å². The number of ether oxygens (including phenoxy) is 7. The maximum Gasteiger partial charge on any atom is 0.303 e. The first-order valence-corrected chi connectivity index (χ1v) is 10.7. The highest BCUT2D eigenvalue weighted by Crippen LogP contribution is 2.30. The van der Waals surface area contributed by atoms with E-state index < -0.39 is 54.6 Å². The Balaban J connectivity index is 2.15. The lowest BCUT2D eigenvalue weighted by Gasteiger charge is -2.44. The summed E-state index contributed by atoms with van der Waals surface area (Å²) in [4.78, 5) is 46.6. The average Bonchev–Trinajstić information content (AvgIpc) is 2.75. The lowest BCUT2D eigenvalue weighted by molar-refractivity contribution is -0.309. The van der Waals surface area contributed by atoms with E-state index in [1.54, 1.807) is 0 Å². The van der Waals surface area contributed by atoms with E-state index in [4.69, 9.17) is 33.2 Å². The zero-order chi connectivity index (χ0) is 25.1. The Morgan fingerprint density at radius 3 is 1.94 bits per heavy atom. The molecule has 0 N–H and O–H groups in total. The van der Waals surface area contributed by atoms with Crippen LogP contribution in [0.4, 0.5) is 0 Å². The molecule has 0 bridgehead atoms. The van der Waals surface area contributed by atoms with Gasteiger partial charge in [-0.15, -0.1) is 0 Å². The van der Waals surface area contributed by atoms with Crippen molar-refractivity contribution in [1.29, 1.82) is 0 Å². The molecule has 11 heteroatoms. The second kappa shape index (κ2) is 13.6. The topological polar surface area (TPSA) is 133 Å². The molecule has 34 heavy (non-hydrogen) atoms. The van der Waals surface area contributed by atoms with E-state index in [0.29, 0.717) is 6.61 Å². The molecule has 188 valence electrons. The molecule has 0 saturated carbocycles. The zero-order valence-corrected chi connectivity index (χ0v) is 19.6. The predicted octanol–water partition coefficient (Wildman–Crippen LogP) is 1.30. The third kappa shape index (κ3) is 9.08. The number of hydrogen-bond acceptors (Lipinski definition) is 11. The van der Waals surface area contributed by atoms with Crippen LogP contribution < -0.4 is 0 Å². The summed E-state index contributed by atoms with van der Waals surface area (Å²) in [7, 11) is 0. The van der Waals surface area contributed by atoms with E-state index in [1.165, 1.54) is 6.92 Å². The Morgan fingerprint density at radius 2 is 1.35 bits per heavy atom. The minimum Gasteiger partial charge on any atom is -0.463 e. The number of benzene rings is 1. The van der Waals surface area contributed by atoms with Gasteiger partial charge in [0.15, 0.2) is 24.6 Å². The number of carbonyl (C=O) groups excluding carboxylic acids is 4. The maximum atomic E-state index is 11.8. The molecule has 1 saturated heterocycles. The van der Waals surface area contributed by atoms with E-state index in [9.17, 15) is 19.2 Å². The van der Waals surface area contributed by atoms with Gasteiger partial charge in [-0.1, -0.05) is 30.3 Å². The van der Waals surface area contributed by atoms with Gasteiger partial charge in [0, 0.05) is 27.7 Å². The second-order valence-corrected chi connectivity index (χ2v) is 7.48. The lowest BCUT2D eigenvalue weighted by Crippen LogP contribution is -2.63. The van der Waals surface area contributed by atoms with Crippen LogP contribution in [0.25, 0.3) is 0 Å². The summed E-state index contributed by atoms with van der Waals surface area (Å²) in [6.45, 7) is 4.94. The van der Waals surface area contributed by atoms with E-state index in [-0.39, 0.29) is 19.8 Å². The molecule has 2 rings (SSSR count). The molecule has 3 unspecified atom stereocenters. The highest BCUT2D eigenvalue weighted by atomic mass is 16.7. The first-order valence-electron chi connectivity index (χ1n) is 10.7. The fraction of sp³-hybridized carbons (Fsp3) is 0.565. The molecule has 0 spiro atoms. The van der Waals surface area contributed by atoms with Gasteiger partial charge in [-0.25, -0.2) is 0 Å². The molecule has 1 aliphatic heterocycles. The molecule has 0 aromatic heterocycles. The minimum atomic E-state index is -1.27. The first kappa shape index (κ1) is 27.2. The molecular weight excluding hydrogens is 452 g/mol. The van der Waals surface area contributed by atoms with Gasteiger partial charge >= 0.3 is 23.9 Å². The number of rotatable bonds is 11. The van der Waals surface area contributed by atoms with E-state index in [2.05, 4.69) is 0 Å². The van der Waals surface area contributed by atoms with Gasteiger partial charge in [0.2, 0.25) is 0 Å². The van der Waals surface area contributed by atoms with Crippen molar-refractivity contribution >= 4 is 23.9 Å². The Kier molecular flexibility index (Phi) is 10.9. The van der Waals surface area contributed by atoms with E-state index in [0.717, 1.165) is 26.3 Å². The minimum absolute atomic E-state index is 0.0422. The Labute approximate surface area is 197 Å². The third-order valence-corrected chi connectivity index (χ3v) is 4.57. The Bertz CT molecular complexity index is 825. The van der Waals surface area contributed by atoms with Gasteiger partial charge < -0.3 is 33.2 Å². The number of carbonyl (C=O) groups is 4. The molecule has 11 nitrogen and oxygen atoms in total. The van der Waals surface area contributed by atoms with Crippen LogP contribution in [-0.2, 0) is 58.9 Å². The standard InChI is InChI=1S/C23H30O11/c1-14(24)30-13-19-20(31-15(2)25)21(32-16(3)26)22(33-17(4)27)23(34-19)29-11-10-28-12-18-8-6-5-7-9-18/h5-9,19-23H,10-13H2,1-4H3/t19?,20-,21?,22?,23-/m1/s1. The summed E-state index contributed by atoms with van der Waals surface area (Å²) in [5.41, 5.74) is 0.981. The van der Waals surface area contributed by atoms with Gasteiger partial charge in [0.1, 0.15) is 12.7 Å². The van der Waals surface area contributed by atoms with Gasteiger partial charge in [-0.3, -0.25) is 19.2 Å². The zero-order valence-electron chi connectivity index (χ0n) is 19.6. The van der Waals surface area contributed by atoms with Gasteiger partial charge in [0.05, 0.1) is 19.8 Å². The molecular formula is C23H30O11. The van der Waals surface area contributed by atoms with Gasteiger partial charge in [-0.2, -0.15) is 0 Å². The van der Waals surface area contributed by atoms with Crippen LogP contribution in [0.3, 0.4) is 0 Å². The van der Waals surface area contributed by atoms with Crippen molar-refractivity contribution in [3.63, 3.8) is 0 Å². The number of hydrogen-bond donors (Lipinski definition) is 0. The predicted molar refractivity (Wildman–Crippen MR) is 114 cm³/mol. The molecule has 1 heterocycles. The van der Waals surface area contributed by atoms with Crippen molar-refractivity contribution in [3.8, 4) is 0 Å². The quantitative estimate of drug-likeness (QED) is 0.257. The van der Waals surface area contributed by atoms with Crippen molar-refractivity contribution in [3.05, 3.63) is 35.9 Å². The summed E-state index contributed by atoms with van der Waals surface area (Å²) in [5.74, 6) is -2.70. The van der Waals surface area contributed by atoms with Crippen molar-refractivity contribution < 1.29 is 52.3 Å². The summed E-state index contributed by atoms with van der Waals surface area (Å²) >= 11 is 0. The Morgan fingerprint density at radius 1 is 0.765 bits per heavy atom. The van der Waals surface area contributed by atoms with Crippen LogP contribution in [0.2, 0.25) is 0 Å². The van der Waals surface area contributed by atoms with Crippen molar-refractivity contribution in [1.82, 2.24) is 0 Å². The third-order valence-electron chi connectivity index (χ3n) is 4.57. The normalized spacial score (nSPS) is 24.1. The molecule has 1 aromatic carbocycles. The molecule has 0 amide bonds. The van der Waals surface area contributed by atoms with Crippen molar-refractivity contribution in [2.45, 2.75) is 65.0 Å². The fourth-order valence-corrected chi connectivity index (χ4v) is 3.31. The molecule has 0 radical (unpaired) electrons. The summed E-state index contributed by atoms with van der Waals surface area (Å²) in [5, 5.41) is 0. The van der Waals surface area contributed by atoms with Gasteiger partial charge in [-0.05, 0) is 5.56 Å². The highest BCUT2D eigenvalue weighted by Gasteiger charge is 2.52. The van der Waals surface area contributed by atoms with Crippen molar-refractivity contribution in [2.24, 2.45) is 0 Å². The summed E-state index contributed by atoms with van der Waals surface area (Å²) in [6.07, 6.45) is -6.03. The second-order valence-electron chi connectivity index (χ2n) is 7.48. The average molecular weight is 482 g/mol. The molecule has 1 aliphatic rings. The molecule has 1 fully saturated rings. The Hall–Kier alpha value is -3.02. The summed E-state index contributed by atoms with van der Waals surface area (Å²) in [6, 6.07) is 9.52. The van der Waals surface area contributed by atoms with Crippen LogP contribution in [0.5, 0.6) is 0 Å². The highest BCUT2D eigenvalue weighted by molar-refractivity contribution is 5.68. The molecule has 5 atom stereocenters. The van der Waals surface area contributed by atoms with Gasteiger partial charge in [0.25, 0.3) is 0 Å². The SMILES string of the molecule is CC(=O)OCC1O[C@@H](OCCOCc2ccccc2)C(OC(C)=O)C(OC(C)=O)[C@@H]1OC(C)=O. The lowest BCUT2D eigenvalue weighted by atomic mass is 9.98. The van der Waals surface area contributed by atoms with Crippen LogP contribution in [0.15, 0.2) is 30.3 Å². The molecule has 1 aromatic rings. The summed E-state index contributed by atoms with van der Waals surface area (Å²) < 4.78 is 38.2. The first-order chi connectivity index (χ1) is 16.2. The van der Waals surface area contributed by atoms with Crippen LogP contribution in [0.1, 0.15) is 33.3 Å². The smallest absolute Gasteiger partial charge is 0.303 e. The largest absolute Gasteiger partial charge is 0.463 e. The molecule has 0 aliphatic carbocycles. The monoisotopic (exact) mass is 482 g/mol. The van der Waals surface area contributed by atoms with Crippen LogP contribution in [0, 0.1) is 0 Å². The fourth-order valence-electron chi connectivity index (χ4n) is 3.31. The number of esters is 4. The maximum absolute atomic E-state index is 11.8. The van der Waals surface area contributed by atoms with E-state index in [1.807, 2.05) is 30.3 Å². The van der Waals surface area contributed by atoms with Crippen molar-refractivity contribution in [2.75, 3.05) is 19.8 Å². The van der Waals surface area contributed by atoms with E-state index >= 15 is 0 Å².